The quantitative estimate of drug-likeness (QED) is 0.748. The zero-order chi connectivity index (χ0) is 15.7. The second-order valence-corrected chi connectivity index (χ2v) is 8.06. The van der Waals surface area contributed by atoms with Crippen molar-refractivity contribution in [3.05, 3.63) is 33.8 Å². The summed E-state index contributed by atoms with van der Waals surface area (Å²) >= 11 is 2.02. The summed E-state index contributed by atoms with van der Waals surface area (Å²) in [7, 11) is -3.75. The van der Waals surface area contributed by atoms with Crippen molar-refractivity contribution in [3.8, 4) is 0 Å². The maximum Gasteiger partial charge on any atom is 0.241 e. The largest absolute Gasteiger partial charge is 0.377 e. The number of halogens is 2. The van der Waals surface area contributed by atoms with Crippen molar-refractivity contribution in [1.29, 1.82) is 0 Å². The topological polar surface area (TPSA) is 68.3 Å². The minimum absolute atomic E-state index is 0.0351. The van der Waals surface area contributed by atoms with E-state index in [-0.39, 0.29) is 28.4 Å². The second-order valence-electron chi connectivity index (χ2n) is 5.08. The molecule has 8 heteroatoms. The third-order valence-electron chi connectivity index (χ3n) is 3.54. The third kappa shape index (κ3) is 3.24. The number of benzene rings is 1. The van der Waals surface area contributed by atoms with Crippen molar-refractivity contribution in [2.75, 3.05) is 13.2 Å². The zero-order valence-electron chi connectivity index (χ0n) is 11.6. The molecule has 0 aliphatic carbocycles. The first kappa shape index (κ1) is 16.0. The number of pyridine rings is 1. The van der Waals surface area contributed by atoms with Gasteiger partial charge >= 0.3 is 0 Å². The summed E-state index contributed by atoms with van der Waals surface area (Å²) < 4.78 is 47.5. The van der Waals surface area contributed by atoms with Crippen LogP contribution in [-0.4, -0.2) is 32.7 Å². The zero-order valence-corrected chi connectivity index (χ0v) is 14.5. The molecule has 1 aromatic heterocycles. The highest BCUT2D eigenvalue weighted by molar-refractivity contribution is 14.1. The summed E-state index contributed by atoms with van der Waals surface area (Å²) in [6.07, 6.45) is 3.18. The Morgan fingerprint density at radius 3 is 3.00 bits per heavy atom. The van der Waals surface area contributed by atoms with Gasteiger partial charge in [0.05, 0.1) is 11.0 Å². The van der Waals surface area contributed by atoms with Crippen LogP contribution in [0.4, 0.5) is 4.39 Å². The number of hydrogen-bond donors (Lipinski definition) is 1. The summed E-state index contributed by atoms with van der Waals surface area (Å²) in [5.74, 6) is -0.538. The Hall–Kier alpha value is -0.840. The van der Waals surface area contributed by atoms with E-state index in [1.54, 1.807) is 6.07 Å². The first-order valence-corrected chi connectivity index (χ1v) is 9.38. The summed E-state index contributed by atoms with van der Waals surface area (Å²) in [4.78, 5) is 4.03. The number of nitrogens with zero attached hydrogens (tertiary/aromatic N) is 1. The lowest BCUT2D eigenvalue weighted by molar-refractivity contribution is 0.114. The minimum Gasteiger partial charge on any atom is -0.377 e. The number of nitrogens with one attached hydrogen (secondary N) is 1. The smallest absolute Gasteiger partial charge is 0.241 e. The molecule has 2 aromatic rings. The molecule has 5 nitrogen and oxygen atoms in total. The van der Waals surface area contributed by atoms with Gasteiger partial charge in [-0.25, -0.2) is 17.5 Å². The summed E-state index contributed by atoms with van der Waals surface area (Å²) in [6.45, 7) is 0.881. The van der Waals surface area contributed by atoms with Gasteiger partial charge in [-0.3, -0.25) is 4.98 Å². The van der Waals surface area contributed by atoms with Crippen LogP contribution in [0.25, 0.3) is 10.9 Å². The molecule has 0 unspecified atom stereocenters. The number of hydrogen-bond acceptors (Lipinski definition) is 4. The van der Waals surface area contributed by atoms with Crippen molar-refractivity contribution in [3.63, 3.8) is 0 Å². The molecule has 1 saturated heterocycles. The van der Waals surface area contributed by atoms with E-state index in [0.29, 0.717) is 6.61 Å². The van der Waals surface area contributed by atoms with Gasteiger partial charge in [-0.1, -0.05) is 0 Å². The van der Waals surface area contributed by atoms with Crippen molar-refractivity contribution in [2.45, 2.75) is 23.8 Å². The van der Waals surface area contributed by atoms with Crippen LogP contribution in [0.5, 0.6) is 0 Å². The summed E-state index contributed by atoms with van der Waals surface area (Å²) in [5.41, 5.74) is 0.0559. The molecule has 1 aliphatic rings. The number of sulfonamides is 1. The Morgan fingerprint density at radius 1 is 1.45 bits per heavy atom. The Balaban J connectivity index is 1.97. The van der Waals surface area contributed by atoms with Crippen LogP contribution >= 0.6 is 22.6 Å². The summed E-state index contributed by atoms with van der Waals surface area (Å²) in [5, 5.41) is 0.284. The lowest BCUT2D eigenvalue weighted by Gasteiger charge is -2.13. The van der Waals surface area contributed by atoms with Crippen LogP contribution in [-0.2, 0) is 14.8 Å². The van der Waals surface area contributed by atoms with Gasteiger partial charge in [0.1, 0.15) is 11.3 Å². The maximum atomic E-state index is 13.8. The fraction of sp³-hybridized carbons (Fsp3) is 0.357. The maximum absolute atomic E-state index is 13.8. The Morgan fingerprint density at radius 2 is 2.27 bits per heavy atom. The van der Waals surface area contributed by atoms with E-state index in [2.05, 4.69) is 9.71 Å². The Labute approximate surface area is 141 Å². The monoisotopic (exact) mass is 436 g/mol. The molecule has 1 aliphatic heterocycles. The molecular formula is C14H14FIN2O3S. The van der Waals surface area contributed by atoms with Crippen molar-refractivity contribution >= 4 is 43.5 Å². The van der Waals surface area contributed by atoms with Gasteiger partial charge in [0.2, 0.25) is 10.0 Å². The molecule has 2 heterocycles. The van der Waals surface area contributed by atoms with Gasteiger partial charge in [0.25, 0.3) is 0 Å². The molecule has 0 radical (unpaired) electrons. The van der Waals surface area contributed by atoms with Crippen LogP contribution in [0.3, 0.4) is 0 Å². The van der Waals surface area contributed by atoms with Gasteiger partial charge in [0.15, 0.2) is 0 Å². The fourth-order valence-electron chi connectivity index (χ4n) is 2.46. The molecule has 0 spiro atoms. The van der Waals surface area contributed by atoms with Crippen LogP contribution in [0.15, 0.2) is 29.3 Å². The first-order valence-electron chi connectivity index (χ1n) is 6.82. The van der Waals surface area contributed by atoms with Gasteiger partial charge in [0, 0.05) is 28.3 Å². The predicted molar refractivity (Wildman–Crippen MR) is 88.6 cm³/mol. The molecule has 0 saturated carbocycles. The van der Waals surface area contributed by atoms with E-state index >= 15 is 0 Å². The van der Waals surface area contributed by atoms with Crippen molar-refractivity contribution < 1.29 is 17.5 Å². The molecule has 1 N–H and O–H groups in total. The van der Waals surface area contributed by atoms with Crippen LogP contribution in [0, 0.1) is 9.39 Å². The van der Waals surface area contributed by atoms with Crippen LogP contribution in [0.2, 0.25) is 0 Å². The average Bonchev–Trinajstić information content (AvgIpc) is 2.98. The molecule has 0 bridgehead atoms. The predicted octanol–water partition coefficient (Wildman–Crippen LogP) is 2.44. The van der Waals surface area contributed by atoms with E-state index in [1.807, 2.05) is 22.6 Å². The lowest BCUT2D eigenvalue weighted by Crippen LogP contribution is -2.32. The number of ether oxygens (including phenoxy) is 1. The molecule has 3 rings (SSSR count). The lowest BCUT2D eigenvalue weighted by atomic mass is 10.2. The Kier molecular flexibility index (Phi) is 4.62. The molecule has 1 atom stereocenters. The third-order valence-corrected chi connectivity index (χ3v) is 5.61. The SMILES string of the molecule is O=S(=O)(NC[C@@H]1CCCO1)c1ccc(F)c2ncc(I)cc12. The standard InChI is InChI=1S/C14H14FIN2O3S/c15-12-3-4-13(11-6-9(16)7-17-14(11)12)22(19,20)18-8-10-2-1-5-21-10/h3-4,6-7,10,18H,1-2,5,8H2/t10-/m0/s1. The van der Waals surface area contributed by atoms with E-state index < -0.39 is 15.8 Å². The van der Waals surface area contributed by atoms with Gasteiger partial charge in [-0.2, -0.15) is 0 Å². The van der Waals surface area contributed by atoms with Gasteiger partial charge in [-0.05, 0) is 53.6 Å². The fourth-order valence-corrected chi connectivity index (χ4v) is 4.16. The molecule has 118 valence electrons. The second kappa shape index (κ2) is 6.34. The molecule has 1 fully saturated rings. The number of fused-ring (bicyclic) bond motifs is 1. The van der Waals surface area contributed by atoms with E-state index in [0.717, 1.165) is 22.5 Å². The first-order chi connectivity index (χ1) is 10.5. The normalized spacial score (nSPS) is 18.9. The summed E-state index contributed by atoms with van der Waals surface area (Å²) in [6, 6.07) is 4.02. The van der Waals surface area contributed by atoms with E-state index in [9.17, 15) is 12.8 Å². The van der Waals surface area contributed by atoms with Gasteiger partial charge < -0.3 is 4.74 Å². The average molecular weight is 436 g/mol. The van der Waals surface area contributed by atoms with Gasteiger partial charge in [-0.15, -0.1) is 0 Å². The molecular weight excluding hydrogens is 422 g/mol. The number of aromatic nitrogens is 1. The van der Waals surface area contributed by atoms with Crippen molar-refractivity contribution in [2.24, 2.45) is 0 Å². The van der Waals surface area contributed by atoms with Crippen molar-refractivity contribution in [1.82, 2.24) is 9.71 Å². The molecule has 1 aromatic carbocycles. The highest BCUT2D eigenvalue weighted by Gasteiger charge is 2.23. The van der Waals surface area contributed by atoms with E-state index in [4.69, 9.17) is 4.74 Å². The number of rotatable bonds is 4. The van der Waals surface area contributed by atoms with Crippen LogP contribution in [0.1, 0.15) is 12.8 Å². The Bertz CT molecular complexity index is 807. The molecule has 22 heavy (non-hydrogen) atoms. The minimum atomic E-state index is -3.75. The highest BCUT2D eigenvalue weighted by atomic mass is 127. The highest BCUT2D eigenvalue weighted by Crippen LogP contribution is 2.25. The van der Waals surface area contributed by atoms with E-state index in [1.165, 1.54) is 12.3 Å². The molecule has 0 amide bonds. The van der Waals surface area contributed by atoms with Crippen LogP contribution < -0.4 is 4.72 Å².